The second-order valence-electron chi connectivity index (χ2n) is 6.34. The lowest BCUT2D eigenvalue weighted by atomic mass is 9.98. The highest BCUT2D eigenvalue weighted by Crippen LogP contribution is 2.31. The highest BCUT2D eigenvalue weighted by Gasteiger charge is 2.22. The molecule has 0 bridgehead atoms. The molecular formula is C22H19N3OS2. The molecule has 0 aliphatic carbocycles. The van der Waals surface area contributed by atoms with Crippen LogP contribution < -0.4 is 5.32 Å². The minimum atomic E-state index is -0.284. The Morgan fingerprint density at radius 3 is 2.25 bits per heavy atom. The van der Waals surface area contributed by atoms with Gasteiger partial charge in [0, 0.05) is 5.39 Å². The molecule has 1 amide bonds. The number of carbonyl (C=O) groups excluding carboxylic acids is 1. The Kier molecular flexibility index (Phi) is 5.69. The summed E-state index contributed by atoms with van der Waals surface area (Å²) in [6, 6.07) is 21.9. The van der Waals surface area contributed by atoms with E-state index in [0.717, 1.165) is 26.4 Å². The first kappa shape index (κ1) is 18.7. The maximum atomic E-state index is 13.0. The van der Waals surface area contributed by atoms with Crippen LogP contribution in [0, 0.1) is 0 Å². The molecule has 0 radical (unpaired) electrons. The van der Waals surface area contributed by atoms with Crippen molar-refractivity contribution in [3.63, 3.8) is 0 Å². The Balaban J connectivity index is 1.55. The van der Waals surface area contributed by atoms with Gasteiger partial charge in [0.25, 0.3) is 0 Å². The number of carbonyl (C=O) groups is 1. The van der Waals surface area contributed by atoms with Crippen molar-refractivity contribution in [3.05, 3.63) is 89.6 Å². The van der Waals surface area contributed by atoms with Gasteiger partial charge < -0.3 is 5.32 Å². The number of hydrogen-bond acceptors (Lipinski definition) is 5. The third kappa shape index (κ3) is 4.08. The molecule has 4 nitrogen and oxygen atoms in total. The standard InChI is InChI=1S/C22H19N3OS2/c1-15(28-22-18-12-13-27-21(18)23-14-24-22)20(26)25-19(16-8-4-2-5-9-16)17-10-6-3-7-11-17/h2-15,19H,1H3,(H,25,26)/t15-/m1/s1. The molecule has 2 aromatic carbocycles. The Morgan fingerprint density at radius 1 is 0.964 bits per heavy atom. The lowest BCUT2D eigenvalue weighted by molar-refractivity contribution is -0.120. The molecule has 4 rings (SSSR count). The predicted octanol–water partition coefficient (Wildman–Crippen LogP) is 5.08. The molecule has 0 spiro atoms. The molecule has 0 aliphatic heterocycles. The van der Waals surface area contributed by atoms with E-state index in [1.165, 1.54) is 11.8 Å². The van der Waals surface area contributed by atoms with Crippen molar-refractivity contribution >= 4 is 39.2 Å². The van der Waals surface area contributed by atoms with E-state index in [4.69, 9.17) is 0 Å². The fourth-order valence-electron chi connectivity index (χ4n) is 2.99. The molecule has 140 valence electrons. The first-order chi connectivity index (χ1) is 13.7. The van der Waals surface area contributed by atoms with Gasteiger partial charge in [0.05, 0.1) is 11.3 Å². The Hall–Kier alpha value is -2.70. The summed E-state index contributed by atoms with van der Waals surface area (Å²) >= 11 is 3.04. The van der Waals surface area contributed by atoms with Gasteiger partial charge in [-0.3, -0.25) is 4.79 Å². The molecule has 1 N–H and O–H groups in total. The van der Waals surface area contributed by atoms with Crippen LogP contribution in [0.5, 0.6) is 0 Å². The van der Waals surface area contributed by atoms with Crippen LogP contribution in [0.3, 0.4) is 0 Å². The highest BCUT2D eigenvalue weighted by atomic mass is 32.2. The fourth-order valence-corrected chi connectivity index (χ4v) is 4.70. The molecule has 4 aromatic rings. The van der Waals surface area contributed by atoms with Gasteiger partial charge in [-0.05, 0) is 29.5 Å². The molecule has 1 atom stereocenters. The van der Waals surface area contributed by atoms with Gasteiger partial charge >= 0.3 is 0 Å². The van der Waals surface area contributed by atoms with Gasteiger partial charge in [0.1, 0.15) is 16.2 Å². The summed E-state index contributed by atoms with van der Waals surface area (Å²) in [5, 5.41) is 6.76. The van der Waals surface area contributed by atoms with Crippen molar-refractivity contribution in [3.8, 4) is 0 Å². The van der Waals surface area contributed by atoms with Gasteiger partial charge in [0.2, 0.25) is 5.91 Å². The second-order valence-corrected chi connectivity index (χ2v) is 8.57. The largest absolute Gasteiger partial charge is 0.344 e. The van der Waals surface area contributed by atoms with E-state index in [1.807, 2.05) is 79.0 Å². The second kappa shape index (κ2) is 8.54. The number of hydrogen-bond donors (Lipinski definition) is 1. The highest BCUT2D eigenvalue weighted by molar-refractivity contribution is 8.00. The summed E-state index contributed by atoms with van der Waals surface area (Å²) in [7, 11) is 0. The molecule has 6 heteroatoms. The molecule has 2 heterocycles. The van der Waals surface area contributed by atoms with E-state index in [2.05, 4.69) is 15.3 Å². The SMILES string of the molecule is C[C@@H](Sc1ncnc2sccc12)C(=O)NC(c1ccccc1)c1ccccc1. The van der Waals surface area contributed by atoms with E-state index in [9.17, 15) is 4.79 Å². The van der Waals surface area contributed by atoms with Crippen molar-refractivity contribution in [2.45, 2.75) is 23.2 Å². The van der Waals surface area contributed by atoms with Crippen molar-refractivity contribution in [2.75, 3.05) is 0 Å². The molecule has 0 unspecified atom stereocenters. The Labute approximate surface area is 172 Å². The average Bonchev–Trinajstić information content (AvgIpc) is 3.23. The molecule has 28 heavy (non-hydrogen) atoms. The van der Waals surface area contributed by atoms with Crippen LogP contribution in [-0.4, -0.2) is 21.1 Å². The summed E-state index contributed by atoms with van der Waals surface area (Å²) in [5.74, 6) is -0.0234. The van der Waals surface area contributed by atoms with E-state index in [1.54, 1.807) is 17.7 Å². The third-order valence-corrected chi connectivity index (χ3v) is 6.37. The number of thioether (sulfide) groups is 1. The number of nitrogens with zero attached hydrogens (tertiary/aromatic N) is 2. The van der Waals surface area contributed by atoms with Crippen LogP contribution in [0.1, 0.15) is 24.1 Å². The summed E-state index contributed by atoms with van der Waals surface area (Å²) in [6.45, 7) is 1.91. The van der Waals surface area contributed by atoms with Gasteiger partial charge in [-0.25, -0.2) is 9.97 Å². The number of thiophene rings is 1. The molecule has 2 aromatic heterocycles. The van der Waals surface area contributed by atoms with Crippen LogP contribution in [-0.2, 0) is 4.79 Å². The summed E-state index contributed by atoms with van der Waals surface area (Å²) < 4.78 is 0. The zero-order valence-corrected chi connectivity index (χ0v) is 16.9. The van der Waals surface area contributed by atoms with Crippen LogP contribution in [0.4, 0.5) is 0 Å². The maximum Gasteiger partial charge on any atom is 0.234 e. The lowest BCUT2D eigenvalue weighted by Gasteiger charge is -2.22. The van der Waals surface area contributed by atoms with Gasteiger partial charge in [0.15, 0.2) is 0 Å². The topological polar surface area (TPSA) is 54.9 Å². The number of fused-ring (bicyclic) bond motifs is 1. The normalized spacial score (nSPS) is 12.2. The van der Waals surface area contributed by atoms with Crippen molar-refractivity contribution < 1.29 is 4.79 Å². The van der Waals surface area contributed by atoms with Gasteiger partial charge in [-0.15, -0.1) is 11.3 Å². The smallest absolute Gasteiger partial charge is 0.234 e. The monoisotopic (exact) mass is 405 g/mol. The van der Waals surface area contributed by atoms with Crippen LogP contribution in [0.25, 0.3) is 10.2 Å². The van der Waals surface area contributed by atoms with Crippen LogP contribution >= 0.6 is 23.1 Å². The van der Waals surface area contributed by atoms with Crippen LogP contribution in [0.2, 0.25) is 0 Å². The molecular weight excluding hydrogens is 386 g/mol. The minimum Gasteiger partial charge on any atom is -0.344 e. The van der Waals surface area contributed by atoms with E-state index < -0.39 is 0 Å². The van der Waals surface area contributed by atoms with Crippen molar-refractivity contribution in [1.82, 2.24) is 15.3 Å². The quantitative estimate of drug-likeness (QED) is 0.359. The fraction of sp³-hybridized carbons (Fsp3) is 0.136. The summed E-state index contributed by atoms with van der Waals surface area (Å²) in [4.78, 5) is 22.6. The molecule has 0 aliphatic rings. The van der Waals surface area contributed by atoms with Gasteiger partial charge in [-0.1, -0.05) is 72.4 Å². The van der Waals surface area contributed by atoms with Gasteiger partial charge in [-0.2, -0.15) is 0 Å². The number of rotatable bonds is 6. The number of aromatic nitrogens is 2. The minimum absolute atomic E-state index is 0.0234. The predicted molar refractivity (Wildman–Crippen MR) is 116 cm³/mol. The van der Waals surface area contributed by atoms with Crippen LogP contribution in [0.15, 0.2) is 83.5 Å². The number of amides is 1. The van der Waals surface area contributed by atoms with Crippen molar-refractivity contribution in [2.24, 2.45) is 0 Å². The first-order valence-corrected chi connectivity index (χ1v) is 10.7. The number of nitrogens with one attached hydrogen (secondary N) is 1. The molecule has 0 saturated carbocycles. The average molecular weight is 406 g/mol. The zero-order valence-electron chi connectivity index (χ0n) is 15.3. The Morgan fingerprint density at radius 2 is 1.61 bits per heavy atom. The third-order valence-electron chi connectivity index (χ3n) is 4.44. The lowest BCUT2D eigenvalue weighted by Crippen LogP contribution is -2.35. The van der Waals surface area contributed by atoms with E-state index >= 15 is 0 Å². The Bertz CT molecular complexity index is 1030. The van der Waals surface area contributed by atoms with Crippen molar-refractivity contribution in [1.29, 1.82) is 0 Å². The maximum absolute atomic E-state index is 13.0. The molecule has 0 fully saturated rings. The summed E-state index contributed by atoms with van der Waals surface area (Å²) in [5.41, 5.74) is 2.11. The van der Waals surface area contributed by atoms with E-state index in [0.29, 0.717) is 0 Å². The van der Waals surface area contributed by atoms with E-state index in [-0.39, 0.29) is 17.2 Å². The zero-order chi connectivity index (χ0) is 19.3. The summed E-state index contributed by atoms with van der Waals surface area (Å²) in [6.07, 6.45) is 1.56. The number of benzene rings is 2. The molecule has 0 saturated heterocycles. The first-order valence-electron chi connectivity index (χ1n) is 8.97.